The van der Waals surface area contributed by atoms with E-state index in [1.54, 1.807) is 17.9 Å². The number of hydrogen-bond donors (Lipinski definition) is 1. The Morgan fingerprint density at radius 3 is 2.65 bits per heavy atom. The molecule has 0 aliphatic carbocycles. The maximum atomic E-state index is 13.8. The van der Waals surface area contributed by atoms with Crippen LogP contribution in [0.4, 0.5) is 19.0 Å². The topological polar surface area (TPSA) is 75.9 Å². The summed E-state index contributed by atoms with van der Waals surface area (Å²) in [6.07, 6.45) is 0.858. The largest absolute Gasteiger partial charge is 0.410 e. The Kier molecular flexibility index (Phi) is 5.65. The fourth-order valence-electron chi connectivity index (χ4n) is 4.35. The van der Waals surface area contributed by atoms with Crippen LogP contribution in [0.5, 0.6) is 0 Å². The summed E-state index contributed by atoms with van der Waals surface area (Å²) in [5.74, 6) is 0.128. The van der Waals surface area contributed by atoms with Gasteiger partial charge in [0.1, 0.15) is 11.5 Å². The van der Waals surface area contributed by atoms with Gasteiger partial charge in [-0.05, 0) is 38.5 Å². The molecule has 31 heavy (non-hydrogen) atoms. The number of amides is 1. The average molecular weight is 436 g/mol. The first-order chi connectivity index (χ1) is 14.6. The molecule has 1 saturated heterocycles. The molecule has 7 nitrogen and oxygen atoms in total. The number of nitrogens with one attached hydrogen (secondary N) is 1. The van der Waals surface area contributed by atoms with Gasteiger partial charge in [-0.15, -0.1) is 0 Å². The maximum absolute atomic E-state index is 13.8. The van der Waals surface area contributed by atoms with Crippen LogP contribution in [0.3, 0.4) is 0 Å². The van der Waals surface area contributed by atoms with Crippen LogP contribution in [0, 0.1) is 12.8 Å². The summed E-state index contributed by atoms with van der Waals surface area (Å²) in [7, 11) is 0. The smallest absolute Gasteiger partial charge is 0.367 e. The summed E-state index contributed by atoms with van der Waals surface area (Å²) in [5.41, 5.74) is 1.42. The summed E-state index contributed by atoms with van der Waals surface area (Å²) >= 11 is 0. The molecule has 4 heterocycles. The molecule has 0 saturated carbocycles. The number of rotatable bonds is 3. The predicted octanol–water partition coefficient (Wildman–Crippen LogP) is 4.29. The lowest BCUT2D eigenvalue weighted by atomic mass is 9.94. The number of likely N-dealkylation sites (tertiary alicyclic amines) is 1. The highest BCUT2D eigenvalue weighted by atomic mass is 19.4. The number of hydrogen-bond acceptors (Lipinski definition) is 5. The molecule has 1 fully saturated rings. The van der Waals surface area contributed by atoms with Crippen molar-refractivity contribution in [1.29, 1.82) is 0 Å². The third-order valence-corrected chi connectivity index (χ3v) is 6.15. The molecule has 1 unspecified atom stereocenters. The molecule has 0 bridgehead atoms. The number of piperidine rings is 1. The zero-order valence-electron chi connectivity index (χ0n) is 17.9. The number of carbonyl (C=O) groups is 1. The van der Waals surface area contributed by atoms with Crippen molar-refractivity contribution in [2.75, 3.05) is 11.9 Å². The first-order valence-corrected chi connectivity index (χ1v) is 10.7. The van der Waals surface area contributed by atoms with Crippen molar-refractivity contribution in [1.82, 2.24) is 24.6 Å². The van der Waals surface area contributed by atoms with Gasteiger partial charge in [-0.3, -0.25) is 9.78 Å². The minimum absolute atomic E-state index is 0.0461. The maximum Gasteiger partial charge on any atom is 0.410 e. The SMILES string of the molecule is Cc1cnc(C(=O)N2CCCCC2c2cc3n(n2)[C@@H](C(F)(F)F)C[C@@H](C(C)C)N3)cn1. The highest BCUT2D eigenvalue weighted by molar-refractivity contribution is 5.92. The van der Waals surface area contributed by atoms with E-state index in [0.29, 0.717) is 30.2 Å². The number of nitrogens with zero attached hydrogens (tertiary/aromatic N) is 5. The van der Waals surface area contributed by atoms with Gasteiger partial charge >= 0.3 is 6.18 Å². The fraction of sp³-hybridized carbons (Fsp3) is 0.619. The number of halogens is 3. The third kappa shape index (κ3) is 4.24. The Morgan fingerprint density at radius 2 is 2.00 bits per heavy atom. The van der Waals surface area contributed by atoms with Gasteiger partial charge in [-0.25, -0.2) is 9.67 Å². The minimum atomic E-state index is -4.40. The van der Waals surface area contributed by atoms with Crippen LogP contribution in [0.1, 0.15) is 73.5 Å². The predicted molar refractivity (Wildman–Crippen MR) is 109 cm³/mol. The second-order valence-electron chi connectivity index (χ2n) is 8.74. The van der Waals surface area contributed by atoms with Gasteiger partial charge in [0.2, 0.25) is 0 Å². The normalized spacial score (nSPS) is 24.1. The van der Waals surface area contributed by atoms with E-state index in [4.69, 9.17) is 0 Å². The van der Waals surface area contributed by atoms with E-state index >= 15 is 0 Å². The van der Waals surface area contributed by atoms with Gasteiger partial charge in [0, 0.05) is 24.8 Å². The van der Waals surface area contributed by atoms with Crippen molar-refractivity contribution in [3.8, 4) is 0 Å². The molecule has 0 radical (unpaired) electrons. The summed E-state index contributed by atoms with van der Waals surface area (Å²) in [4.78, 5) is 23.1. The van der Waals surface area contributed by atoms with Gasteiger partial charge in [-0.1, -0.05) is 13.8 Å². The van der Waals surface area contributed by atoms with Crippen LogP contribution in [0.2, 0.25) is 0 Å². The van der Waals surface area contributed by atoms with Crippen molar-refractivity contribution in [2.45, 2.75) is 70.8 Å². The van der Waals surface area contributed by atoms with Crippen LogP contribution >= 0.6 is 0 Å². The highest BCUT2D eigenvalue weighted by Gasteiger charge is 2.47. The molecule has 0 spiro atoms. The Hall–Kier alpha value is -2.65. The van der Waals surface area contributed by atoms with Gasteiger partial charge in [0.05, 0.1) is 23.6 Å². The average Bonchev–Trinajstić information content (AvgIpc) is 3.16. The first-order valence-electron chi connectivity index (χ1n) is 10.7. The second kappa shape index (κ2) is 8.12. The third-order valence-electron chi connectivity index (χ3n) is 6.15. The van der Waals surface area contributed by atoms with Crippen molar-refractivity contribution in [3.05, 3.63) is 35.5 Å². The van der Waals surface area contributed by atoms with E-state index in [1.807, 2.05) is 13.8 Å². The van der Waals surface area contributed by atoms with Crippen LogP contribution in [-0.2, 0) is 0 Å². The summed E-state index contributed by atoms with van der Waals surface area (Å²) < 4.78 is 42.4. The number of alkyl halides is 3. The molecular weight excluding hydrogens is 409 g/mol. The first kappa shape index (κ1) is 21.6. The lowest BCUT2D eigenvalue weighted by Crippen LogP contribution is -2.41. The van der Waals surface area contributed by atoms with E-state index in [9.17, 15) is 18.0 Å². The standard InChI is InChI=1S/C21H27F3N6O/c1-12(2)14-8-18(21(22,23)24)30-19(27-14)9-15(28-30)17-6-4-5-7-29(17)20(31)16-11-25-13(3)10-26-16/h9-12,14,17-18,27H,4-8H2,1-3H3/t14-,17?,18+/m0/s1. The van der Waals surface area contributed by atoms with Crippen LogP contribution in [0.25, 0.3) is 0 Å². The van der Waals surface area contributed by atoms with Gasteiger partial charge < -0.3 is 10.2 Å². The summed E-state index contributed by atoms with van der Waals surface area (Å²) in [5, 5.41) is 7.58. The van der Waals surface area contributed by atoms with Gasteiger partial charge in [0.25, 0.3) is 5.91 Å². The molecule has 1 N–H and O–H groups in total. The number of carbonyl (C=O) groups excluding carboxylic acids is 1. The molecule has 2 aromatic heterocycles. The molecule has 3 atom stereocenters. The van der Waals surface area contributed by atoms with E-state index < -0.39 is 18.3 Å². The van der Waals surface area contributed by atoms with Crippen molar-refractivity contribution in [3.63, 3.8) is 0 Å². The minimum Gasteiger partial charge on any atom is -0.367 e. The van der Waals surface area contributed by atoms with Crippen molar-refractivity contribution >= 4 is 11.7 Å². The van der Waals surface area contributed by atoms with E-state index in [2.05, 4.69) is 20.4 Å². The molecule has 0 aromatic carbocycles. The van der Waals surface area contributed by atoms with Gasteiger partial charge in [-0.2, -0.15) is 18.3 Å². The molecule has 2 aliphatic rings. The highest BCUT2D eigenvalue weighted by Crippen LogP contribution is 2.42. The Labute approximate surface area is 179 Å². The number of aromatic nitrogens is 4. The number of anilines is 1. The van der Waals surface area contributed by atoms with E-state index in [0.717, 1.165) is 17.5 Å². The van der Waals surface area contributed by atoms with Crippen molar-refractivity contribution < 1.29 is 18.0 Å². The fourth-order valence-corrected chi connectivity index (χ4v) is 4.35. The number of aryl methyl sites for hydroxylation is 1. The van der Waals surface area contributed by atoms with E-state index in [1.165, 1.54) is 12.4 Å². The molecule has 168 valence electrons. The quantitative estimate of drug-likeness (QED) is 0.777. The van der Waals surface area contributed by atoms with Crippen LogP contribution < -0.4 is 5.32 Å². The zero-order chi connectivity index (χ0) is 22.3. The van der Waals surface area contributed by atoms with Crippen molar-refractivity contribution in [2.24, 2.45) is 5.92 Å². The summed E-state index contributed by atoms with van der Waals surface area (Å²) in [6, 6.07) is -0.698. The zero-order valence-corrected chi connectivity index (χ0v) is 17.9. The molecule has 2 aromatic rings. The van der Waals surface area contributed by atoms with Gasteiger partial charge in [0.15, 0.2) is 6.04 Å². The lowest BCUT2D eigenvalue weighted by molar-refractivity contribution is -0.174. The van der Waals surface area contributed by atoms with E-state index in [-0.39, 0.29) is 30.0 Å². The molecule has 4 rings (SSSR count). The summed E-state index contributed by atoms with van der Waals surface area (Å²) in [6.45, 7) is 6.10. The molecular formula is C21H27F3N6O. The molecule has 10 heteroatoms. The Bertz CT molecular complexity index is 940. The lowest BCUT2D eigenvalue weighted by Gasteiger charge is -2.35. The second-order valence-corrected chi connectivity index (χ2v) is 8.74. The number of fused-ring (bicyclic) bond motifs is 1. The monoisotopic (exact) mass is 436 g/mol. The van der Waals surface area contributed by atoms with Crippen LogP contribution in [-0.4, -0.2) is 49.3 Å². The Morgan fingerprint density at radius 1 is 1.23 bits per heavy atom. The van der Waals surface area contributed by atoms with Crippen LogP contribution in [0.15, 0.2) is 18.5 Å². The molecule has 2 aliphatic heterocycles. The Balaban J connectivity index is 1.67. The molecule has 1 amide bonds.